The molecule has 7 nitrogen and oxygen atoms in total. The number of rotatable bonds is 4. The van der Waals surface area contributed by atoms with Crippen LogP contribution in [-0.4, -0.2) is 47.6 Å². The van der Waals surface area contributed by atoms with Gasteiger partial charge in [0.25, 0.3) is 0 Å². The fourth-order valence-corrected chi connectivity index (χ4v) is 7.48. The van der Waals surface area contributed by atoms with Crippen LogP contribution in [0.5, 0.6) is 0 Å². The maximum Gasteiger partial charge on any atom is 0.329 e. The van der Waals surface area contributed by atoms with Crippen molar-refractivity contribution in [2.45, 2.75) is 43.5 Å². The molecule has 176 valence electrons. The quantitative estimate of drug-likeness (QED) is 0.483. The third-order valence-corrected chi connectivity index (χ3v) is 8.62. The number of carbonyl (C=O) groups excluding carboxylic acids is 4. The van der Waals surface area contributed by atoms with E-state index in [4.69, 9.17) is 9.47 Å². The lowest BCUT2D eigenvalue weighted by molar-refractivity contribution is -0.157. The van der Waals surface area contributed by atoms with Crippen molar-refractivity contribution in [3.63, 3.8) is 0 Å². The van der Waals surface area contributed by atoms with Crippen LogP contribution in [0.2, 0.25) is 0 Å². The van der Waals surface area contributed by atoms with Gasteiger partial charge in [0.15, 0.2) is 11.6 Å². The molecule has 3 atom stereocenters. The Morgan fingerprint density at radius 2 is 1.56 bits per heavy atom. The summed E-state index contributed by atoms with van der Waals surface area (Å²) in [6.07, 6.45) is 0. The monoisotopic (exact) mass is 479 g/mol. The normalized spacial score (nSPS) is 25.8. The van der Waals surface area contributed by atoms with Gasteiger partial charge in [-0.25, -0.2) is 4.79 Å². The molecule has 1 spiro atoms. The lowest BCUT2D eigenvalue weighted by Crippen LogP contribution is -2.56. The Hall–Kier alpha value is -3.13. The summed E-state index contributed by atoms with van der Waals surface area (Å²) in [6, 6.07) is 11.2. The van der Waals surface area contributed by atoms with Gasteiger partial charge < -0.3 is 14.4 Å². The molecule has 0 bridgehead atoms. The van der Waals surface area contributed by atoms with E-state index in [1.165, 1.54) is 11.8 Å². The zero-order valence-corrected chi connectivity index (χ0v) is 20.2. The van der Waals surface area contributed by atoms with Gasteiger partial charge in [0.2, 0.25) is 0 Å². The number of hydrogen-bond acceptors (Lipinski definition) is 8. The van der Waals surface area contributed by atoms with Gasteiger partial charge >= 0.3 is 11.9 Å². The second-order valence-corrected chi connectivity index (χ2v) is 10.3. The van der Waals surface area contributed by atoms with Gasteiger partial charge in [0.05, 0.1) is 18.9 Å². The summed E-state index contributed by atoms with van der Waals surface area (Å²) in [4.78, 5) is 56.8. The average Bonchev–Trinajstić information content (AvgIpc) is 3.32. The van der Waals surface area contributed by atoms with Gasteiger partial charge in [-0.3, -0.25) is 14.4 Å². The molecule has 0 radical (unpaired) electrons. The van der Waals surface area contributed by atoms with E-state index in [-0.39, 0.29) is 24.3 Å². The number of anilines is 1. The largest absolute Gasteiger partial charge is 0.466 e. The third-order valence-electron chi connectivity index (χ3n) is 7.14. The first-order chi connectivity index (χ1) is 16.2. The van der Waals surface area contributed by atoms with E-state index in [2.05, 4.69) is 0 Å². The number of carbonyl (C=O) groups is 4. The number of hydrogen-bond donors (Lipinski definition) is 0. The topological polar surface area (TPSA) is 90.0 Å². The molecule has 1 saturated heterocycles. The van der Waals surface area contributed by atoms with E-state index in [1.54, 1.807) is 49.9 Å². The molecule has 2 heterocycles. The van der Waals surface area contributed by atoms with Gasteiger partial charge in [0.1, 0.15) is 22.2 Å². The molecular weight excluding hydrogens is 454 g/mol. The van der Waals surface area contributed by atoms with Crippen LogP contribution in [0.1, 0.15) is 47.1 Å². The van der Waals surface area contributed by atoms with Crippen LogP contribution < -0.4 is 4.90 Å². The maximum absolute atomic E-state index is 14.2. The van der Waals surface area contributed by atoms with E-state index < -0.39 is 45.8 Å². The zero-order chi connectivity index (χ0) is 24.4. The number of fused-ring (bicyclic) bond motifs is 5. The SMILES string of the molecule is CCOC(=O)[C@@H]1[C@@H](C(=O)OCC)C2(C(=O)c3ccccc3C2=O)C2(C)Sc3ccc(C)cc3N12. The first-order valence-electron chi connectivity index (χ1n) is 11.3. The van der Waals surface area contributed by atoms with Crippen LogP contribution in [0, 0.1) is 18.3 Å². The number of aryl methyl sites for hydroxylation is 1. The molecule has 34 heavy (non-hydrogen) atoms. The number of nitrogens with zero attached hydrogens (tertiary/aromatic N) is 1. The van der Waals surface area contributed by atoms with E-state index in [0.29, 0.717) is 5.69 Å². The first kappa shape index (κ1) is 22.7. The fourth-order valence-electron chi connectivity index (χ4n) is 5.87. The van der Waals surface area contributed by atoms with Crippen LogP contribution in [0.15, 0.2) is 47.4 Å². The Morgan fingerprint density at radius 1 is 0.971 bits per heavy atom. The van der Waals surface area contributed by atoms with Crippen molar-refractivity contribution < 1.29 is 28.7 Å². The van der Waals surface area contributed by atoms with E-state index >= 15 is 0 Å². The maximum atomic E-state index is 14.2. The Labute approximate surface area is 201 Å². The predicted octanol–water partition coefficient (Wildman–Crippen LogP) is 3.81. The molecule has 1 aliphatic carbocycles. The van der Waals surface area contributed by atoms with Gasteiger partial charge in [-0.05, 0) is 45.4 Å². The van der Waals surface area contributed by atoms with Crippen molar-refractivity contribution >= 4 is 41.0 Å². The molecule has 0 amide bonds. The summed E-state index contributed by atoms with van der Waals surface area (Å²) in [5.74, 6) is -3.68. The van der Waals surface area contributed by atoms with E-state index in [9.17, 15) is 19.2 Å². The van der Waals surface area contributed by atoms with Crippen LogP contribution >= 0.6 is 11.8 Å². The minimum Gasteiger partial charge on any atom is -0.466 e. The van der Waals surface area contributed by atoms with Gasteiger partial charge in [0, 0.05) is 16.0 Å². The summed E-state index contributed by atoms with van der Waals surface area (Å²) in [7, 11) is 0. The van der Waals surface area contributed by atoms with Crippen molar-refractivity contribution in [3.05, 3.63) is 59.2 Å². The number of esters is 2. The molecule has 0 N–H and O–H groups in total. The smallest absolute Gasteiger partial charge is 0.329 e. The minimum atomic E-state index is -1.85. The molecular formula is C26H25NO6S. The highest BCUT2D eigenvalue weighted by molar-refractivity contribution is 8.01. The molecule has 2 aromatic carbocycles. The van der Waals surface area contributed by atoms with Crippen LogP contribution in [0.25, 0.3) is 0 Å². The molecule has 0 saturated carbocycles. The molecule has 3 aliphatic rings. The first-order valence-corrected chi connectivity index (χ1v) is 12.2. The van der Waals surface area contributed by atoms with Crippen molar-refractivity contribution in [3.8, 4) is 0 Å². The highest BCUT2D eigenvalue weighted by Gasteiger charge is 2.81. The van der Waals surface area contributed by atoms with Crippen molar-refractivity contribution in [2.75, 3.05) is 18.1 Å². The predicted molar refractivity (Wildman–Crippen MR) is 126 cm³/mol. The third kappa shape index (κ3) is 2.60. The summed E-state index contributed by atoms with van der Waals surface area (Å²) < 4.78 is 10.8. The molecule has 2 aromatic rings. The van der Waals surface area contributed by atoms with Crippen LogP contribution in [-0.2, 0) is 19.1 Å². The number of Topliss-reactive ketones (excluding diaryl/α,β-unsaturated/α-hetero) is 2. The highest BCUT2D eigenvalue weighted by Crippen LogP contribution is 2.69. The summed E-state index contributed by atoms with van der Waals surface area (Å²) >= 11 is 1.34. The summed E-state index contributed by atoms with van der Waals surface area (Å²) in [6.45, 7) is 7.19. The average molecular weight is 480 g/mol. The molecule has 1 unspecified atom stereocenters. The molecule has 2 aliphatic heterocycles. The highest BCUT2D eigenvalue weighted by atomic mass is 32.2. The lowest BCUT2D eigenvalue weighted by atomic mass is 9.67. The number of ether oxygens (including phenoxy) is 2. The van der Waals surface area contributed by atoms with Gasteiger partial charge in [-0.1, -0.05) is 42.1 Å². The molecule has 1 fully saturated rings. The van der Waals surface area contributed by atoms with Crippen molar-refractivity contribution in [2.24, 2.45) is 11.3 Å². The minimum absolute atomic E-state index is 0.0514. The second kappa shape index (κ2) is 7.70. The molecule has 5 rings (SSSR count). The van der Waals surface area contributed by atoms with Crippen molar-refractivity contribution in [1.29, 1.82) is 0 Å². The Balaban J connectivity index is 1.84. The van der Waals surface area contributed by atoms with Crippen molar-refractivity contribution in [1.82, 2.24) is 0 Å². The Bertz CT molecular complexity index is 1220. The van der Waals surface area contributed by atoms with Gasteiger partial charge in [-0.2, -0.15) is 0 Å². The zero-order valence-electron chi connectivity index (χ0n) is 19.4. The standard InChI is InChI=1S/C26H25NO6S/c1-5-32-23(30)19-20(24(31)33-6-2)27-17-13-14(3)11-12-18(17)34-25(27,4)26(19)21(28)15-9-7-8-10-16(15)22(26)29/h7-13,19-20H,5-6H2,1-4H3/t19-,20-,25?/m0/s1. The molecule has 0 aromatic heterocycles. The Kier molecular flexibility index (Phi) is 5.13. The fraction of sp³-hybridized carbons (Fsp3) is 0.385. The Morgan fingerprint density at radius 3 is 2.15 bits per heavy atom. The summed E-state index contributed by atoms with van der Waals surface area (Å²) in [5.41, 5.74) is 0.332. The molecule has 8 heteroatoms. The van der Waals surface area contributed by atoms with Gasteiger partial charge in [-0.15, -0.1) is 0 Å². The number of benzene rings is 2. The second-order valence-electron chi connectivity index (χ2n) is 8.86. The van der Waals surface area contributed by atoms with E-state index in [1.807, 2.05) is 25.1 Å². The number of ketones is 2. The van der Waals surface area contributed by atoms with Crippen LogP contribution in [0.4, 0.5) is 5.69 Å². The lowest BCUT2D eigenvalue weighted by Gasteiger charge is -2.39. The summed E-state index contributed by atoms with van der Waals surface area (Å²) in [5, 5.41) is 0. The van der Waals surface area contributed by atoms with E-state index in [0.717, 1.165) is 10.5 Å². The van der Waals surface area contributed by atoms with Crippen LogP contribution in [0.3, 0.4) is 0 Å². The number of thioether (sulfide) groups is 1.